The molecule has 1 saturated carbocycles. The number of pyridine rings is 1. The van der Waals surface area contributed by atoms with E-state index in [2.05, 4.69) is 11.9 Å². The van der Waals surface area contributed by atoms with E-state index in [9.17, 15) is 0 Å². The summed E-state index contributed by atoms with van der Waals surface area (Å²) in [6, 6.07) is 7.86. The molecule has 1 fully saturated rings. The molecule has 1 aromatic carbocycles. The van der Waals surface area contributed by atoms with Gasteiger partial charge in [0.1, 0.15) is 17.7 Å². The van der Waals surface area contributed by atoms with Gasteiger partial charge in [0, 0.05) is 11.6 Å². The van der Waals surface area contributed by atoms with Crippen molar-refractivity contribution >= 4 is 16.7 Å². The summed E-state index contributed by atoms with van der Waals surface area (Å²) in [6.07, 6.45) is 6.58. The normalized spacial score (nSPS) is 22.1. The van der Waals surface area contributed by atoms with Gasteiger partial charge >= 0.3 is 0 Å². The molecule has 1 aliphatic rings. The number of hydrogen-bond acceptors (Lipinski definition) is 3. The van der Waals surface area contributed by atoms with Crippen molar-refractivity contribution in [3.8, 4) is 5.75 Å². The maximum atomic E-state index is 7.78. The molecule has 1 aromatic heterocycles. The topological polar surface area (TPSA) is 72.0 Å². The molecule has 4 heteroatoms. The standard InChI is InChI=1S/C17H21N3O/c1-11-6-2-5-9-15(11)21-16-12-7-3-4-8-14(12)20-10-13(16)17(18)19/h3-4,7-8,10-11,15H,2,5-6,9H2,1H3,(H3,18,19). The lowest BCUT2D eigenvalue weighted by Crippen LogP contribution is -2.29. The SMILES string of the molecule is CC1CCCCC1Oc1c(C(=N)N)cnc2ccccc12. The fraction of sp³-hybridized carbons (Fsp3) is 0.412. The Morgan fingerprint density at radius 1 is 1.29 bits per heavy atom. The Morgan fingerprint density at radius 3 is 2.81 bits per heavy atom. The maximum absolute atomic E-state index is 7.78. The second kappa shape index (κ2) is 5.72. The third-order valence-electron chi connectivity index (χ3n) is 4.32. The first kappa shape index (κ1) is 13.9. The summed E-state index contributed by atoms with van der Waals surface area (Å²) in [5.41, 5.74) is 7.17. The Bertz CT molecular complexity index is 668. The Hall–Kier alpha value is -2.10. The first-order chi connectivity index (χ1) is 10.2. The van der Waals surface area contributed by atoms with Crippen LogP contribution in [0, 0.1) is 11.3 Å². The number of benzene rings is 1. The van der Waals surface area contributed by atoms with E-state index in [1.165, 1.54) is 19.3 Å². The number of nitrogens with two attached hydrogens (primary N) is 1. The summed E-state index contributed by atoms with van der Waals surface area (Å²) in [5, 5.41) is 8.71. The van der Waals surface area contributed by atoms with Crippen LogP contribution in [0.25, 0.3) is 10.9 Å². The van der Waals surface area contributed by atoms with Crippen molar-refractivity contribution in [1.29, 1.82) is 5.41 Å². The van der Waals surface area contributed by atoms with E-state index < -0.39 is 0 Å². The molecule has 0 bridgehead atoms. The first-order valence-corrected chi connectivity index (χ1v) is 7.55. The molecule has 0 radical (unpaired) electrons. The second-order valence-electron chi connectivity index (χ2n) is 5.85. The number of rotatable bonds is 3. The lowest BCUT2D eigenvalue weighted by molar-refractivity contribution is 0.104. The number of nitrogens with one attached hydrogen (secondary N) is 1. The van der Waals surface area contributed by atoms with Gasteiger partial charge in [0.25, 0.3) is 0 Å². The molecule has 2 atom stereocenters. The van der Waals surface area contributed by atoms with Gasteiger partial charge < -0.3 is 10.5 Å². The van der Waals surface area contributed by atoms with Crippen molar-refractivity contribution in [3.05, 3.63) is 36.0 Å². The van der Waals surface area contributed by atoms with Gasteiger partial charge in [0.2, 0.25) is 0 Å². The average molecular weight is 283 g/mol. The number of hydrogen-bond donors (Lipinski definition) is 2. The molecule has 0 aliphatic heterocycles. The highest BCUT2D eigenvalue weighted by Crippen LogP contribution is 2.33. The Labute approximate surface area is 124 Å². The van der Waals surface area contributed by atoms with Crippen molar-refractivity contribution < 1.29 is 4.74 Å². The maximum Gasteiger partial charge on any atom is 0.141 e. The predicted molar refractivity (Wildman–Crippen MR) is 84.8 cm³/mol. The molecule has 3 N–H and O–H groups in total. The van der Waals surface area contributed by atoms with Crippen LogP contribution >= 0.6 is 0 Å². The third kappa shape index (κ3) is 2.71. The van der Waals surface area contributed by atoms with E-state index in [4.69, 9.17) is 15.9 Å². The zero-order chi connectivity index (χ0) is 14.8. The van der Waals surface area contributed by atoms with E-state index in [1.54, 1.807) is 6.20 Å². The number of para-hydroxylation sites is 1. The average Bonchev–Trinajstić information content (AvgIpc) is 2.49. The van der Waals surface area contributed by atoms with Crippen LogP contribution in [0.3, 0.4) is 0 Å². The minimum Gasteiger partial charge on any atom is -0.489 e. The van der Waals surface area contributed by atoms with Crippen LogP contribution < -0.4 is 10.5 Å². The summed E-state index contributed by atoms with van der Waals surface area (Å²) in [7, 11) is 0. The molecule has 2 unspecified atom stereocenters. The Kier molecular flexibility index (Phi) is 3.78. The second-order valence-corrected chi connectivity index (χ2v) is 5.85. The van der Waals surface area contributed by atoms with Crippen LogP contribution in [-0.2, 0) is 0 Å². The molecule has 3 rings (SSSR count). The summed E-state index contributed by atoms with van der Waals surface area (Å²) >= 11 is 0. The van der Waals surface area contributed by atoms with E-state index in [0.29, 0.717) is 17.2 Å². The zero-order valence-corrected chi connectivity index (χ0v) is 12.3. The van der Waals surface area contributed by atoms with Gasteiger partial charge in [0.05, 0.1) is 11.1 Å². The molecule has 0 amide bonds. The number of nitrogen functional groups attached to an aromatic ring is 1. The molecule has 110 valence electrons. The van der Waals surface area contributed by atoms with Crippen molar-refractivity contribution in [3.63, 3.8) is 0 Å². The van der Waals surface area contributed by atoms with Gasteiger partial charge in [-0.2, -0.15) is 0 Å². The van der Waals surface area contributed by atoms with Crippen LogP contribution in [0.5, 0.6) is 5.75 Å². The Balaban J connectivity index is 2.05. The molecular formula is C17H21N3O. The third-order valence-corrected chi connectivity index (χ3v) is 4.32. The van der Waals surface area contributed by atoms with Crippen LogP contribution in [0.1, 0.15) is 38.2 Å². The van der Waals surface area contributed by atoms with Crippen molar-refractivity contribution in [2.45, 2.75) is 38.7 Å². The lowest BCUT2D eigenvalue weighted by atomic mass is 9.88. The lowest BCUT2D eigenvalue weighted by Gasteiger charge is -2.30. The predicted octanol–water partition coefficient (Wildman–Crippen LogP) is 3.48. The molecular weight excluding hydrogens is 262 g/mol. The van der Waals surface area contributed by atoms with Gasteiger partial charge in [-0.15, -0.1) is 0 Å². The summed E-state index contributed by atoms with van der Waals surface area (Å²) in [4.78, 5) is 4.37. The minimum atomic E-state index is 0.00622. The number of fused-ring (bicyclic) bond motifs is 1. The molecule has 0 spiro atoms. The van der Waals surface area contributed by atoms with Gasteiger partial charge in [-0.1, -0.05) is 25.5 Å². The highest BCUT2D eigenvalue weighted by Gasteiger charge is 2.25. The fourth-order valence-electron chi connectivity index (χ4n) is 3.04. The van der Waals surface area contributed by atoms with E-state index in [0.717, 1.165) is 17.3 Å². The molecule has 2 aromatic rings. The quantitative estimate of drug-likeness (QED) is 0.669. The summed E-state index contributed by atoms with van der Waals surface area (Å²) in [6.45, 7) is 2.24. The molecule has 1 heterocycles. The minimum absolute atomic E-state index is 0.00622. The van der Waals surface area contributed by atoms with Crippen LogP contribution in [0.2, 0.25) is 0 Å². The van der Waals surface area contributed by atoms with Crippen molar-refractivity contribution in [2.75, 3.05) is 0 Å². The molecule has 0 saturated heterocycles. The van der Waals surface area contributed by atoms with Crippen molar-refractivity contribution in [1.82, 2.24) is 4.98 Å². The number of aromatic nitrogens is 1. The molecule has 1 aliphatic carbocycles. The van der Waals surface area contributed by atoms with Crippen LogP contribution in [0.15, 0.2) is 30.5 Å². The highest BCUT2D eigenvalue weighted by molar-refractivity contribution is 6.02. The highest BCUT2D eigenvalue weighted by atomic mass is 16.5. The fourth-order valence-corrected chi connectivity index (χ4v) is 3.04. The van der Waals surface area contributed by atoms with Crippen LogP contribution in [0.4, 0.5) is 0 Å². The number of ether oxygens (including phenoxy) is 1. The monoisotopic (exact) mass is 283 g/mol. The van der Waals surface area contributed by atoms with Gasteiger partial charge in [-0.05, 0) is 37.3 Å². The molecule has 4 nitrogen and oxygen atoms in total. The van der Waals surface area contributed by atoms with Gasteiger partial charge in [0.15, 0.2) is 0 Å². The van der Waals surface area contributed by atoms with Crippen molar-refractivity contribution in [2.24, 2.45) is 11.7 Å². The van der Waals surface area contributed by atoms with E-state index >= 15 is 0 Å². The number of nitrogens with zero attached hydrogens (tertiary/aromatic N) is 1. The summed E-state index contributed by atoms with van der Waals surface area (Å²) < 4.78 is 6.31. The number of amidine groups is 1. The van der Waals surface area contributed by atoms with E-state index in [-0.39, 0.29) is 11.9 Å². The van der Waals surface area contributed by atoms with Crippen LogP contribution in [-0.4, -0.2) is 16.9 Å². The first-order valence-electron chi connectivity index (χ1n) is 7.55. The van der Waals surface area contributed by atoms with Gasteiger partial charge in [-0.3, -0.25) is 10.4 Å². The molecule has 21 heavy (non-hydrogen) atoms. The Morgan fingerprint density at radius 2 is 2.05 bits per heavy atom. The summed E-state index contributed by atoms with van der Waals surface area (Å²) in [5.74, 6) is 1.25. The zero-order valence-electron chi connectivity index (χ0n) is 12.3. The van der Waals surface area contributed by atoms with E-state index in [1.807, 2.05) is 24.3 Å². The van der Waals surface area contributed by atoms with Gasteiger partial charge in [-0.25, -0.2) is 0 Å². The smallest absolute Gasteiger partial charge is 0.141 e. The largest absolute Gasteiger partial charge is 0.489 e.